The summed E-state index contributed by atoms with van der Waals surface area (Å²) < 4.78 is 2.08. The van der Waals surface area contributed by atoms with E-state index in [4.69, 9.17) is 23.2 Å². The average molecular weight is 485 g/mol. The summed E-state index contributed by atoms with van der Waals surface area (Å²) in [5.74, 6) is -0.585. The number of rotatable bonds is 5. The summed E-state index contributed by atoms with van der Waals surface area (Å²) in [5.41, 5.74) is 4.32. The molecule has 0 radical (unpaired) electrons. The van der Waals surface area contributed by atoms with Crippen molar-refractivity contribution in [1.29, 1.82) is 10.5 Å². The Morgan fingerprint density at radius 1 is 1.03 bits per heavy atom. The summed E-state index contributed by atoms with van der Waals surface area (Å²) in [6, 6.07) is 24.3. The van der Waals surface area contributed by atoms with E-state index in [1.54, 1.807) is 30.3 Å². The van der Waals surface area contributed by atoms with Gasteiger partial charge in [-0.05, 0) is 42.8 Å². The lowest BCUT2D eigenvalue weighted by Crippen LogP contribution is -2.14. The number of fused-ring (bicyclic) bond motifs is 1. The van der Waals surface area contributed by atoms with E-state index in [1.165, 1.54) is 0 Å². The van der Waals surface area contributed by atoms with Gasteiger partial charge in [-0.2, -0.15) is 10.5 Å². The highest BCUT2D eigenvalue weighted by Crippen LogP contribution is 2.31. The third kappa shape index (κ3) is 4.40. The van der Waals surface area contributed by atoms with Crippen molar-refractivity contribution in [3.05, 3.63) is 105 Å². The van der Waals surface area contributed by atoms with E-state index in [1.807, 2.05) is 55.5 Å². The van der Waals surface area contributed by atoms with Crippen molar-refractivity contribution >= 4 is 51.8 Å². The van der Waals surface area contributed by atoms with Gasteiger partial charge in [0.25, 0.3) is 5.91 Å². The molecule has 1 heterocycles. The van der Waals surface area contributed by atoms with Crippen LogP contribution in [0.2, 0.25) is 10.0 Å². The quantitative estimate of drug-likeness (QED) is 0.252. The summed E-state index contributed by atoms with van der Waals surface area (Å²) in [7, 11) is 0. The minimum atomic E-state index is -0.585. The molecule has 0 atom stereocenters. The molecule has 0 aliphatic heterocycles. The van der Waals surface area contributed by atoms with Crippen LogP contribution in [0.3, 0.4) is 0 Å². The van der Waals surface area contributed by atoms with Gasteiger partial charge < -0.3 is 9.88 Å². The molecule has 0 aliphatic rings. The molecule has 5 nitrogen and oxygen atoms in total. The van der Waals surface area contributed by atoms with Crippen LogP contribution in [0.4, 0.5) is 5.69 Å². The molecule has 7 heteroatoms. The van der Waals surface area contributed by atoms with E-state index in [-0.39, 0.29) is 10.6 Å². The maximum absolute atomic E-state index is 12.9. The highest BCUT2D eigenvalue weighted by molar-refractivity contribution is 6.44. The number of benzene rings is 3. The van der Waals surface area contributed by atoms with Gasteiger partial charge in [-0.15, -0.1) is 0 Å². The molecule has 0 unspecified atom stereocenters. The SMILES string of the molecule is Cc1c(/C=C(/C#N)C(=O)Nc2cccc(Cl)c2Cl)c2ccccc2n1Cc1ccccc1C#N. The van der Waals surface area contributed by atoms with Gasteiger partial charge in [0.2, 0.25) is 0 Å². The number of carbonyl (C=O) groups is 1. The lowest BCUT2D eigenvalue weighted by Gasteiger charge is -2.10. The largest absolute Gasteiger partial charge is 0.340 e. The molecule has 0 saturated carbocycles. The standard InChI is InChI=1S/C27H18Cl2N4O/c1-17-22(13-20(15-31)27(34)32-24-11-6-10-23(28)26(24)29)21-9-4-5-12-25(21)33(17)16-19-8-3-2-7-18(19)14-30/h2-13H,16H2,1H3,(H,32,34)/b20-13-. The monoisotopic (exact) mass is 484 g/mol. The van der Waals surface area contributed by atoms with Gasteiger partial charge in [-0.3, -0.25) is 4.79 Å². The zero-order valence-corrected chi connectivity index (χ0v) is 19.7. The molecule has 0 fully saturated rings. The maximum Gasteiger partial charge on any atom is 0.266 e. The molecule has 0 saturated heterocycles. The van der Waals surface area contributed by atoms with Crippen molar-refractivity contribution < 1.29 is 4.79 Å². The van der Waals surface area contributed by atoms with Crippen LogP contribution in [-0.2, 0) is 11.3 Å². The second kappa shape index (κ2) is 9.85. The van der Waals surface area contributed by atoms with E-state index in [0.717, 1.165) is 27.7 Å². The number of para-hydroxylation sites is 1. The van der Waals surface area contributed by atoms with E-state index < -0.39 is 5.91 Å². The van der Waals surface area contributed by atoms with E-state index >= 15 is 0 Å². The molecule has 0 bridgehead atoms. The number of halogens is 2. The summed E-state index contributed by atoms with van der Waals surface area (Å²) >= 11 is 12.2. The van der Waals surface area contributed by atoms with Gasteiger partial charge in [-0.1, -0.05) is 65.7 Å². The van der Waals surface area contributed by atoms with Crippen molar-refractivity contribution in [2.45, 2.75) is 13.5 Å². The molecule has 34 heavy (non-hydrogen) atoms. The Bertz CT molecular complexity index is 1540. The number of nitrogens with one attached hydrogen (secondary N) is 1. The minimum Gasteiger partial charge on any atom is -0.340 e. The predicted molar refractivity (Wildman–Crippen MR) is 136 cm³/mol. The molecular weight excluding hydrogens is 467 g/mol. The molecule has 1 N–H and O–H groups in total. The Hall–Kier alpha value is -4.03. The van der Waals surface area contributed by atoms with Gasteiger partial charge in [0.1, 0.15) is 11.6 Å². The van der Waals surface area contributed by atoms with Gasteiger partial charge in [0, 0.05) is 28.7 Å². The second-order valence-corrected chi connectivity index (χ2v) is 8.38. The predicted octanol–water partition coefficient (Wildman–Crippen LogP) is 6.72. The van der Waals surface area contributed by atoms with Crippen LogP contribution in [0.15, 0.2) is 72.3 Å². The first kappa shape index (κ1) is 23.1. The van der Waals surface area contributed by atoms with E-state index in [0.29, 0.717) is 22.8 Å². The van der Waals surface area contributed by atoms with Gasteiger partial charge >= 0.3 is 0 Å². The first-order valence-electron chi connectivity index (χ1n) is 10.4. The van der Waals surface area contributed by atoms with Crippen molar-refractivity contribution in [1.82, 2.24) is 4.57 Å². The molecule has 4 aromatic rings. The van der Waals surface area contributed by atoms with Gasteiger partial charge in [0.15, 0.2) is 0 Å². The number of nitriles is 2. The van der Waals surface area contributed by atoms with Crippen molar-refractivity contribution in [2.24, 2.45) is 0 Å². The lowest BCUT2D eigenvalue weighted by atomic mass is 10.1. The zero-order chi connectivity index (χ0) is 24.2. The molecule has 0 aliphatic carbocycles. The van der Waals surface area contributed by atoms with Gasteiger partial charge in [-0.25, -0.2) is 0 Å². The molecule has 0 spiro atoms. The number of carbonyl (C=O) groups excluding carboxylic acids is 1. The third-order valence-electron chi connectivity index (χ3n) is 5.60. The summed E-state index contributed by atoms with van der Waals surface area (Å²) in [6.45, 7) is 2.41. The highest BCUT2D eigenvalue weighted by Gasteiger charge is 2.18. The Balaban J connectivity index is 1.77. The normalized spacial score (nSPS) is 11.1. The average Bonchev–Trinajstić information content (AvgIpc) is 3.11. The summed E-state index contributed by atoms with van der Waals surface area (Å²) in [5, 5.41) is 23.3. The van der Waals surface area contributed by atoms with E-state index in [9.17, 15) is 15.3 Å². The van der Waals surface area contributed by atoms with E-state index in [2.05, 4.69) is 16.0 Å². The maximum atomic E-state index is 12.9. The van der Waals surface area contributed by atoms with Crippen LogP contribution in [0.25, 0.3) is 17.0 Å². The first-order chi connectivity index (χ1) is 16.4. The molecule has 4 rings (SSSR count). The van der Waals surface area contributed by atoms with Crippen LogP contribution < -0.4 is 5.32 Å². The highest BCUT2D eigenvalue weighted by atomic mass is 35.5. The third-order valence-corrected chi connectivity index (χ3v) is 6.42. The number of nitrogens with zero attached hydrogens (tertiary/aromatic N) is 3. The summed E-state index contributed by atoms with van der Waals surface area (Å²) in [4.78, 5) is 12.9. The fourth-order valence-corrected chi connectivity index (χ4v) is 4.21. The smallest absolute Gasteiger partial charge is 0.266 e. The van der Waals surface area contributed by atoms with Crippen LogP contribution in [-0.4, -0.2) is 10.5 Å². The molecular formula is C27H18Cl2N4O. The summed E-state index contributed by atoms with van der Waals surface area (Å²) in [6.07, 6.45) is 1.58. The number of anilines is 1. The molecule has 1 amide bonds. The lowest BCUT2D eigenvalue weighted by molar-refractivity contribution is -0.112. The number of amides is 1. The number of hydrogen-bond donors (Lipinski definition) is 1. The zero-order valence-electron chi connectivity index (χ0n) is 18.1. The minimum absolute atomic E-state index is 0.0699. The van der Waals surface area contributed by atoms with Crippen LogP contribution in [0.5, 0.6) is 0 Å². The van der Waals surface area contributed by atoms with Crippen LogP contribution in [0.1, 0.15) is 22.4 Å². The fourth-order valence-electron chi connectivity index (χ4n) is 3.86. The topological polar surface area (TPSA) is 81.6 Å². The Labute approximate surface area is 207 Å². The van der Waals surface area contributed by atoms with Crippen molar-refractivity contribution in [2.75, 3.05) is 5.32 Å². The number of hydrogen-bond acceptors (Lipinski definition) is 3. The van der Waals surface area contributed by atoms with Gasteiger partial charge in [0.05, 0.1) is 27.4 Å². The molecule has 3 aromatic carbocycles. The Morgan fingerprint density at radius 3 is 2.53 bits per heavy atom. The van der Waals surface area contributed by atoms with Crippen molar-refractivity contribution in [3.8, 4) is 12.1 Å². The number of aromatic nitrogens is 1. The van der Waals surface area contributed by atoms with Crippen LogP contribution >= 0.6 is 23.2 Å². The Kier molecular flexibility index (Phi) is 6.70. The second-order valence-electron chi connectivity index (χ2n) is 7.60. The fraction of sp³-hybridized carbons (Fsp3) is 0.0741. The van der Waals surface area contributed by atoms with Crippen molar-refractivity contribution in [3.63, 3.8) is 0 Å². The van der Waals surface area contributed by atoms with Crippen LogP contribution in [0, 0.1) is 29.6 Å². The Morgan fingerprint density at radius 2 is 1.76 bits per heavy atom. The molecule has 166 valence electrons. The molecule has 1 aromatic heterocycles. The first-order valence-corrected chi connectivity index (χ1v) is 11.1.